The molecule has 0 atom stereocenters. The maximum Gasteiger partial charge on any atom is 0.299 e. The van der Waals surface area contributed by atoms with Crippen LogP contribution in [0.4, 0.5) is 17.1 Å². The van der Waals surface area contributed by atoms with Crippen LogP contribution in [0.1, 0.15) is 12.0 Å². The van der Waals surface area contributed by atoms with E-state index in [4.69, 9.17) is 0 Å². The van der Waals surface area contributed by atoms with Gasteiger partial charge in [-0.25, -0.2) is 4.98 Å². The molecule has 0 bridgehead atoms. The van der Waals surface area contributed by atoms with Gasteiger partial charge in [-0.2, -0.15) is 0 Å². The Balaban J connectivity index is 1.64. The fourth-order valence-electron chi connectivity index (χ4n) is 3.39. The number of aromatic nitrogens is 2. The van der Waals surface area contributed by atoms with Crippen molar-refractivity contribution in [3.05, 3.63) is 74.6 Å². The van der Waals surface area contributed by atoms with Gasteiger partial charge in [0.1, 0.15) is 11.3 Å². The summed E-state index contributed by atoms with van der Waals surface area (Å²) in [6, 6.07) is 7.65. The normalized spacial score (nSPS) is 14.2. The summed E-state index contributed by atoms with van der Waals surface area (Å²) in [5.74, 6) is 0. The van der Waals surface area contributed by atoms with Crippen LogP contribution in [0, 0.1) is 20.2 Å². The molecule has 1 aromatic carbocycles. The molecule has 0 amide bonds. The fourth-order valence-corrected chi connectivity index (χ4v) is 3.39. The number of nitro groups is 2. The van der Waals surface area contributed by atoms with Crippen LogP contribution >= 0.6 is 0 Å². The van der Waals surface area contributed by atoms with E-state index in [-0.39, 0.29) is 11.4 Å². The Morgan fingerprint density at radius 2 is 2.00 bits per heavy atom. The van der Waals surface area contributed by atoms with Gasteiger partial charge in [0.15, 0.2) is 0 Å². The highest BCUT2D eigenvalue weighted by molar-refractivity contribution is 5.91. The summed E-state index contributed by atoms with van der Waals surface area (Å²) in [5.41, 5.74) is 2.90. The molecule has 1 N–H and O–H groups in total. The maximum atomic E-state index is 11.4. The molecule has 0 saturated carbocycles. The number of nitro benzene ring substituents is 2. The molecule has 0 radical (unpaired) electrons. The van der Waals surface area contributed by atoms with Crippen molar-refractivity contribution in [2.75, 3.05) is 18.0 Å². The quantitative estimate of drug-likeness (QED) is 0.556. The minimum atomic E-state index is -0.629. The van der Waals surface area contributed by atoms with Crippen molar-refractivity contribution in [3.63, 3.8) is 0 Å². The molecule has 2 aromatic heterocycles. The Morgan fingerprint density at radius 3 is 2.70 bits per heavy atom. The minimum Gasteiger partial charge on any atom is -0.362 e. The van der Waals surface area contributed by atoms with Crippen molar-refractivity contribution in [1.29, 1.82) is 0 Å². The molecule has 0 saturated heterocycles. The third-order valence-corrected chi connectivity index (χ3v) is 4.71. The van der Waals surface area contributed by atoms with Gasteiger partial charge in [-0.1, -0.05) is 6.08 Å². The molecule has 9 nitrogen and oxygen atoms in total. The molecule has 3 heterocycles. The van der Waals surface area contributed by atoms with E-state index >= 15 is 0 Å². The summed E-state index contributed by atoms with van der Waals surface area (Å²) in [5, 5.41) is 23.3. The zero-order valence-corrected chi connectivity index (χ0v) is 14.2. The molecular weight excluding hydrogens is 350 g/mol. The molecule has 3 aromatic rings. The van der Waals surface area contributed by atoms with E-state index in [0.29, 0.717) is 25.2 Å². The van der Waals surface area contributed by atoms with Crippen LogP contribution in [0.25, 0.3) is 16.6 Å². The lowest BCUT2D eigenvalue weighted by molar-refractivity contribution is -0.393. The van der Waals surface area contributed by atoms with Gasteiger partial charge in [-0.15, -0.1) is 0 Å². The molecule has 9 heteroatoms. The Morgan fingerprint density at radius 1 is 1.15 bits per heavy atom. The van der Waals surface area contributed by atoms with Gasteiger partial charge in [0, 0.05) is 42.5 Å². The topological polar surface area (TPSA) is 118 Å². The second kappa shape index (κ2) is 6.52. The van der Waals surface area contributed by atoms with Crippen LogP contribution in [-0.4, -0.2) is 32.9 Å². The fraction of sp³-hybridized carbons (Fsp3) is 0.167. The molecule has 27 heavy (non-hydrogen) atoms. The summed E-state index contributed by atoms with van der Waals surface area (Å²) in [7, 11) is 0. The zero-order chi connectivity index (χ0) is 19.0. The van der Waals surface area contributed by atoms with Crippen LogP contribution in [-0.2, 0) is 0 Å². The number of nitrogens with zero attached hydrogens (tertiary/aromatic N) is 4. The van der Waals surface area contributed by atoms with Crippen LogP contribution in [0.2, 0.25) is 0 Å². The van der Waals surface area contributed by atoms with Crippen molar-refractivity contribution in [2.24, 2.45) is 0 Å². The maximum absolute atomic E-state index is 11.4. The van der Waals surface area contributed by atoms with Gasteiger partial charge in [0.2, 0.25) is 0 Å². The summed E-state index contributed by atoms with van der Waals surface area (Å²) < 4.78 is 0. The first-order valence-electron chi connectivity index (χ1n) is 8.34. The monoisotopic (exact) mass is 365 g/mol. The first-order chi connectivity index (χ1) is 13.0. The van der Waals surface area contributed by atoms with E-state index in [0.717, 1.165) is 28.2 Å². The van der Waals surface area contributed by atoms with Gasteiger partial charge >= 0.3 is 0 Å². The molecule has 0 aliphatic carbocycles. The number of anilines is 1. The molecule has 136 valence electrons. The van der Waals surface area contributed by atoms with E-state index in [1.807, 2.05) is 29.3 Å². The number of hydrogen-bond acceptors (Lipinski definition) is 6. The van der Waals surface area contributed by atoms with Crippen LogP contribution in [0.3, 0.4) is 0 Å². The Kier molecular flexibility index (Phi) is 4.03. The number of aromatic amines is 1. The molecule has 4 rings (SSSR count). The van der Waals surface area contributed by atoms with Gasteiger partial charge < -0.3 is 9.88 Å². The summed E-state index contributed by atoms with van der Waals surface area (Å²) in [4.78, 5) is 30.4. The number of pyridine rings is 1. The smallest absolute Gasteiger partial charge is 0.299 e. The van der Waals surface area contributed by atoms with E-state index in [1.54, 1.807) is 6.20 Å². The van der Waals surface area contributed by atoms with Crippen LogP contribution in [0.15, 0.2) is 48.8 Å². The highest BCUT2D eigenvalue weighted by atomic mass is 16.6. The molecule has 0 spiro atoms. The van der Waals surface area contributed by atoms with Gasteiger partial charge in [-0.3, -0.25) is 20.2 Å². The van der Waals surface area contributed by atoms with E-state index < -0.39 is 9.85 Å². The Labute approximate surface area is 153 Å². The predicted octanol–water partition coefficient (Wildman–Crippen LogP) is 3.67. The van der Waals surface area contributed by atoms with Crippen molar-refractivity contribution in [2.45, 2.75) is 6.42 Å². The standard InChI is InChI=1S/C18H15N5O4/c24-22(25)13-3-4-16(17(10-13)23(26)27)21-8-5-12(6-9-21)15-11-20-18-14(15)2-1-7-19-18/h1-5,7,10-11H,6,8-9H2,(H,19,20). The second-order valence-electron chi connectivity index (χ2n) is 6.21. The lowest BCUT2D eigenvalue weighted by Gasteiger charge is -2.28. The number of hydrogen-bond donors (Lipinski definition) is 1. The SMILES string of the molecule is O=[N+]([O-])c1ccc(N2CC=C(c3c[nH]c4ncccc34)CC2)c([N+](=O)[O-])c1. The van der Waals surface area contributed by atoms with Crippen LogP contribution in [0.5, 0.6) is 0 Å². The number of H-pyrrole nitrogens is 1. The predicted molar refractivity (Wildman–Crippen MR) is 101 cm³/mol. The lowest BCUT2D eigenvalue weighted by atomic mass is 9.99. The van der Waals surface area contributed by atoms with E-state index in [1.165, 1.54) is 12.1 Å². The Hall–Kier alpha value is -3.75. The van der Waals surface area contributed by atoms with Crippen molar-refractivity contribution in [1.82, 2.24) is 9.97 Å². The van der Waals surface area contributed by atoms with E-state index in [9.17, 15) is 20.2 Å². The largest absolute Gasteiger partial charge is 0.362 e. The summed E-state index contributed by atoms with van der Waals surface area (Å²) >= 11 is 0. The third kappa shape index (κ3) is 2.99. The number of fused-ring (bicyclic) bond motifs is 1. The average molecular weight is 365 g/mol. The minimum absolute atomic E-state index is 0.252. The molecule has 1 aliphatic rings. The van der Waals surface area contributed by atoms with Gasteiger partial charge in [-0.05, 0) is 30.2 Å². The second-order valence-corrected chi connectivity index (χ2v) is 6.21. The summed E-state index contributed by atoms with van der Waals surface area (Å²) in [6.07, 6.45) is 6.39. The molecule has 0 unspecified atom stereocenters. The van der Waals surface area contributed by atoms with Crippen molar-refractivity contribution in [3.8, 4) is 0 Å². The number of non-ortho nitro benzene ring substituents is 1. The first-order valence-corrected chi connectivity index (χ1v) is 8.34. The van der Waals surface area contributed by atoms with Crippen LogP contribution < -0.4 is 4.90 Å². The van der Waals surface area contributed by atoms with Crippen molar-refractivity contribution < 1.29 is 9.85 Å². The molecule has 1 aliphatic heterocycles. The number of benzene rings is 1. The Bertz CT molecular complexity index is 1090. The average Bonchev–Trinajstić information content (AvgIpc) is 3.11. The number of nitrogens with one attached hydrogen (secondary N) is 1. The zero-order valence-electron chi connectivity index (χ0n) is 14.2. The lowest BCUT2D eigenvalue weighted by Crippen LogP contribution is -2.28. The number of rotatable bonds is 4. The van der Waals surface area contributed by atoms with Crippen molar-refractivity contribution >= 4 is 33.7 Å². The highest BCUT2D eigenvalue weighted by Crippen LogP contribution is 2.35. The van der Waals surface area contributed by atoms with Gasteiger partial charge in [0.05, 0.1) is 15.9 Å². The third-order valence-electron chi connectivity index (χ3n) is 4.71. The molecule has 0 fully saturated rings. The molecular formula is C18H15N5O4. The first kappa shape index (κ1) is 16.7. The summed E-state index contributed by atoms with van der Waals surface area (Å²) in [6.45, 7) is 1.07. The highest BCUT2D eigenvalue weighted by Gasteiger charge is 2.25. The van der Waals surface area contributed by atoms with E-state index in [2.05, 4.69) is 9.97 Å². The van der Waals surface area contributed by atoms with Gasteiger partial charge in [0.25, 0.3) is 11.4 Å².